The summed E-state index contributed by atoms with van der Waals surface area (Å²) in [7, 11) is 0. The molecule has 0 radical (unpaired) electrons. The number of halogens is 1. The van der Waals surface area contributed by atoms with Crippen molar-refractivity contribution in [3.63, 3.8) is 0 Å². The van der Waals surface area contributed by atoms with Crippen molar-refractivity contribution in [3.8, 4) is 0 Å². The number of aliphatic hydroxyl groups excluding tert-OH is 2. The largest absolute Gasteiger partial charge is 0.393 e. The molecule has 1 aromatic carbocycles. The van der Waals surface area contributed by atoms with Gasteiger partial charge in [-0.05, 0) is 17.7 Å². The Hall–Kier alpha value is -1.18. The monoisotopic (exact) mass is 290 g/mol. The summed E-state index contributed by atoms with van der Waals surface area (Å²) in [5, 5.41) is 29.7. The number of nitro groups is 1. The Morgan fingerprint density at radius 2 is 2.12 bits per heavy atom. The Morgan fingerprint density at radius 3 is 2.56 bits per heavy atom. The molecule has 0 fully saturated rings. The smallest absolute Gasteiger partial charge is 0.292 e. The van der Waals surface area contributed by atoms with E-state index in [1.807, 2.05) is 0 Å². The summed E-state index contributed by atoms with van der Waals surface area (Å²) in [5.41, 5.74) is 5.54. The molecule has 0 aliphatic rings. The Kier molecular flexibility index (Phi) is 4.22. The van der Waals surface area contributed by atoms with Crippen molar-refractivity contribution in [2.24, 2.45) is 0 Å². The van der Waals surface area contributed by atoms with E-state index in [1.54, 1.807) is 0 Å². The van der Waals surface area contributed by atoms with E-state index in [9.17, 15) is 20.3 Å². The predicted molar refractivity (Wildman–Crippen MR) is 62.3 cm³/mol. The fourth-order valence-corrected chi connectivity index (χ4v) is 1.58. The quantitative estimate of drug-likeness (QED) is 0.331. The van der Waals surface area contributed by atoms with Gasteiger partial charge < -0.3 is 15.9 Å². The normalized spacial score (nSPS) is 14.4. The molecule has 0 spiro atoms. The highest BCUT2D eigenvalue weighted by molar-refractivity contribution is 9.09. The molecule has 2 atom stereocenters. The maximum absolute atomic E-state index is 10.5. The van der Waals surface area contributed by atoms with Gasteiger partial charge in [-0.15, -0.1) is 0 Å². The van der Waals surface area contributed by atoms with Gasteiger partial charge in [-0.3, -0.25) is 10.1 Å². The van der Waals surface area contributed by atoms with Crippen molar-refractivity contribution >= 4 is 27.3 Å². The third-order valence-corrected chi connectivity index (χ3v) is 2.78. The molecule has 0 saturated heterocycles. The molecule has 0 heterocycles. The van der Waals surface area contributed by atoms with Gasteiger partial charge >= 0.3 is 0 Å². The second kappa shape index (κ2) is 5.24. The van der Waals surface area contributed by atoms with E-state index < -0.39 is 17.1 Å². The Bertz CT molecular complexity index is 399. The number of alkyl halides is 1. The van der Waals surface area contributed by atoms with Crippen LogP contribution < -0.4 is 5.73 Å². The molecule has 7 heteroatoms. The van der Waals surface area contributed by atoms with Gasteiger partial charge in [-0.25, -0.2) is 0 Å². The van der Waals surface area contributed by atoms with E-state index in [2.05, 4.69) is 15.9 Å². The van der Waals surface area contributed by atoms with Gasteiger partial charge in [0.2, 0.25) is 0 Å². The maximum atomic E-state index is 10.5. The molecule has 0 aliphatic carbocycles. The lowest BCUT2D eigenvalue weighted by molar-refractivity contribution is -0.383. The highest BCUT2D eigenvalue weighted by Gasteiger charge is 2.20. The van der Waals surface area contributed by atoms with E-state index in [0.717, 1.165) is 0 Å². The van der Waals surface area contributed by atoms with Gasteiger partial charge in [-0.1, -0.05) is 15.9 Å². The van der Waals surface area contributed by atoms with Gasteiger partial charge in [0.05, 0.1) is 11.0 Å². The number of nitrogens with zero attached hydrogens (tertiary/aromatic N) is 1. The first kappa shape index (κ1) is 12.9. The molecular weight excluding hydrogens is 280 g/mol. The minimum atomic E-state index is -1.12. The second-order valence-electron chi connectivity index (χ2n) is 3.24. The number of nitrogens with two attached hydrogens (primary N) is 1. The number of rotatable bonds is 4. The van der Waals surface area contributed by atoms with E-state index in [1.165, 1.54) is 18.2 Å². The number of benzene rings is 1. The summed E-state index contributed by atoms with van der Waals surface area (Å²) in [6, 6.07) is 3.86. The van der Waals surface area contributed by atoms with Gasteiger partial charge in [0.1, 0.15) is 11.8 Å². The van der Waals surface area contributed by atoms with Crippen LogP contribution in [0.15, 0.2) is 18.2 Å². The number of hydrogen-bond acceptors (Lipinski definition) is 5. The Balaban J connectivity index is 3.01. The zero-order valence-corrected chi connectivity index (χ0v) is 9.79. The first-order valence-corrected chi connectivity index (χ1v) is 5.55. The van der Waals surface area contributed by atoms with Crippen LogP contribution in [0.25, 0.3) is 0 Å². The van der Waals surface area contributed by atoms with Crippen LogP contribution in [0.3, 0.4) is 0 Å². The van der Waals surface area contributed by atoms with Crippen LogP contribution in [0.4, 0.5) is 11.4 Å². The number of nitro benzene ring substituents is 1. The van der Waals surface area contributed by atoms with E-state index >= 15 is 0 Å². The van der Waals surface area contributed by atoms with Gasteiger partial charge in [-0.2, -0.15) is 0 Å². The molecule has 4 N–H and O–H groups in total. The van der Waals surface area contributed by atoms with Gasteiger partial charge in [0.15, 0.2) is 0 Å². The number of aliphatic hydroxyl groups is 2. The summed E-state index contributed by atoms with van der Waals surface area (Å²) in [6.45, 7) is 0. The van der Waals surface area contributed by atoms with Crippen LogP contribution in [0.2, 0.25) is 0 Å². The topological polar surface area (TPSA) is 110 Å². The molecule has 1 rings (SSSR count). The van der Waals surface area contributed by atoms with Gasteiger partial charge in [0.25, 0.3) is 5.69 Å². The molecular formula is C9H11BrN2O4. The minimum Gasteiger partial charge on any atom is -0.393 e. The molecule has 2 unspecified atom stereocenters. The molecule has 16 heavy (non-hydrogen) atoms. The van der Waals surface area contributed by atoms with Crippen molar-refractivity contribution < 1.29 is 15.1 Å². The van der Waals surface area contributed by atoms with Crippen LogP contribution >= 0.6 is 15.9 Å². The highest BCUT2D eigenvalue weighted by atomic mass is 79.9. The van der Waals surface area contributed by atoms with E-state index in [0.29, 0.717) is 5.56 Å². The number of anilines is 1. The van der Waals surface area contributed by atoms with Crippen LogP contribution in [0, 0.1) is 10.1 Å². The third-order valence-electron chi connectivity index (χ3n) is 2.11. The predicted octanol–water partition coefficient (Wildman–Crippen LogP) is 0.966. The molecule has 1 aromatic rings. The van der Waals surface area contributed by atoms with E-state index in [4.69, 9.17) is 5.73 Å². The van der Waals surface area contributed by atoms with Crippen LogP contribution in [-0.4, -0.2) is 26.6 Å². The molecule has 0 amide bonds. The molecule has 88 valence electrons. The molecule has 0 aliphatic heterocycles. The van der Waals surface area contributed by atoms with Crippen molar-refractivity contribution in [2.75, 3.05) is 11.1 Å². The lowest BCUT2D eigenvalue weighted by Crippen LogP contribution is -2.19. The lowest BCUT2D eigenvalue weighted by atomic mass is 10.0. The maximum Gasteiger partial charge on any atom is 0.292 e. The van der Waals surface area contributed by atoms with Gasteiger partial charge in [0, 0.05) is 11.4 Å². The first-order valence-electron chi connectivity index (χ1n) is 4.43. The van der Waals surface area contributed by atoms with Crippen LogP contribution in [0.5, 0.6) is 0 Å². The molecule has 0 saturated carbocycles. The minimum absolute atomic E-state index is 0.0386. The third kappa shape index (κ3) is 2.69. The lowest BCUT2D eigenvalue weighted by Gasteiger charge is -2.15. The standard InChI is InChI=1S/C9H11BrN2O4/c10-4-8(13)9(14)5-1-2-7(12(15)16)6(11)3-5/h1-3,8-9,13-14H,4,11H2. The summed E-state index contributed by atoms with van der Waals surface area (Å²) >= 11 is 3.02. The summed E-state index contributed by atoms with van der Waals surface area (Å²) < 4.78 is 0. The fourth-order valence-electron chi connectivity index (χ4n) is 1.23. The Labute approximate surface area is 100.0 Å². The van der Waals surface area contributed by atoms with Crippen molar-refractivity contribution in [3.05, 3.63) is 33.9 Å². The highest BCUT2D eigenvalue weighted by Crippen LogP contribution is 2.26. The number of nitrogen functional groups attached to an aromatic ring is 1. The zero-order chi connectivity index (χ0) is 12.3. The van der Waals surface area contributed by atoms with Crippen LogP contribution in [-0.2, 0) is 0 Å². The fraction of sp³-hybridized carbons (Fsp3) is 0.333. The average molecular weight is 291 g/mol. The zero-order valence-electron chi connectivity index (χ0n) is 8.21. The summed E-state index contributed by atoms with van der Waals surface area (Å²) in [4.78, 5) is 9.89. The summed E-state index contributed by atoms with van der Waals surface area (Å²) in [5.74, 6) is 0. The van der Waals surface area contributed by atoms with Crippen molar-refractivity contribution in [1.29, 1.82) is 0 Å². The van der Waals surface area contributed by atoms with E-state index in [-0.39, 0.29) is 16.7 Å². The average Bonchev–Trinajstić information content (AvgIpc) is 2.26. The van der Waals surface area contributed by atoms with Crippen LogP contribution in [0.1, 0.15) is 11.7 Å². The molecule has 6 nitrogen and oxygen atoms in total. The Morgan fingerprint density at radius 1 is 1.50 bits per heavy atom. The molecule has 0 bridgehead atoms. The SMILES string of the molecule is Nc1cc(C(O)C(O)CBr)ccc1[N+](=O)[O-]. The van der Waals surface area contributed by atoms with Crippen molar-refractivity contribution in [2.45, 2.75) is 12.2 Å². The molecule has 0 aromatic heterocycles. The second-order valence-corrected chi connectivity index (χ2v) is 3.89. The first-order chi connectivity index (χ1) is 7.47. The number of hydrogen-bond donors (Lipinski definition) is 3. The van der Waals surface area contributed by atoms with Crippen molar-refractivity contribution in [1.82, 2.24) is 0 Å². The summed E-state index contributed by atoms with van der Waals surface area (Å²) in [6.07, 6.45) is -2.11.